The first-order valence-electron chi connectivity index (χ1n) is 11.3. The molecule has 6 rings (SSSR count). The van der Waals surface area contributed by atoms with Crippen LogP contribution in [0.3, 0.4) is 0 Å². The molecule has 1 aromatic carbocycles. The Hall–Kier alpha value is -2.87. The highest BCUT2D eigenvalue weighted by atomic mass is 16.2. The smallest absolute Gasteiger partial charge is 0.230 e. The van der Waals surface area contributed by atoms with Crippen molar-refractivity contribution < 1.29 is 4.79 Å². The first kappa shape index (κ1) is 17.9. The summed E-state index contributed by atoms with van der Waals surface area (Å²) >= 11 is 0. The molecule has 152 valence electrons. The van der Waals surface area contributed by atoms with Gasteiger partial charge in [-0.15, -0.1) is 0 Å². The molecule has 2 heterocycles. The molecule has 1 N–H and O–H groups in total. The number of benzene rings is 1. The monoisotopic (exact) mass is 398 g/mol. The second-order valence-electron chi connectivity index (χ2n) is 9.38. The van der Waals surface area contributed by atoms with Crippen molar-refractivity contribution in [3.63, 3.8) is 0 Å². The van der Waals surface area contributed by atoms with Gasteiger partial charge >= 0.3 is 0 Å². The van der Waals surface area contributed by atoms with Gasteiger partial charge in [0.25, 0.3) is 0 Å². The zero-order valence-corrected chi connectivity index (χ0v) is 17.1. The fourth-order valence-corrected chi connectivity index (χ4v) is 5.47. The molecule has 2 saturated carbocycles. The van der Waals surface area contributed by atoms with E-state index in [0.717, 1.165) is 56.6 Å². The van der Waals surface area contributed by atoms with E-state index in [2.05, 4.69) is 29.6 Å². The molecule has 5 heteroatoms. The molecule has 0 aromatic heterocycles. The van der Waals surface area contributed by atoms with Crippen LogP contribution in [0.25, 0.3) is 0 Å². The number of nitrogens with one attached hydrogen (secondary N) is 1. The molecule has 3 aliphatic carbocycles. The van der Waals surface area contributed by atoms with Gasteiger partial charge in [-0.1, -0.05) is 24.6 Å². The lowest BCUT2D eigenvalue weighted by atomic mass is 9.63. The number of nitriles is 1. The van der Waals surface area contributed by atoms with E-state index < -0.39 is 0 Å². The SMILES string of the molecule is N#CC1=CC2NC(C3(c4ccc5c(c4)CCCN5C(=O)C4CC4)CCC3)=NC2C=C1. The number of allylic oxidation sites excluding steroid dienone is 2. The van der Waals surface area contributed by atoms with Gasteiger partial charge in [0.05, 0.1) is 23.6 Å². The Bertz CT molecular complexity index is 1050. The lowest BCUT2D eigenvalue weighted by Crippen LogP contribution is -2.49. The third kappa shape index (κ3) is 2.66. The quantitative estimate of drug-likeness (QED) is 0.847. The average molecular weight is 399 g/mol. The maximum absolute atomic E-state index is 12.7. The zero-order valence-electron chi connectivity index (χ0n) is 17.1. The van der Waals surface area contributed by atoms with Gasteiger partial charge in [0.1, 0.15) is 5.84 Å². The second-order valence-corrected chi connectivity index (χ2v) is 9.38. The van der Waals surface area contributed by atoms with Gasteiger partial charge in [-0.25, -0.2) is 0 Å². The normalized spacial score (nSPS) is 28.3. The number of hydrogen-bond donors (Lipinski definition) is 1. The molecule has 2 atom stereocenters. The summed E-state index contributed by atoms with van der Waals surface area (Å²) in [6.45, 7) is 0.852. The number of aryl methyl sites for hydroxylation is 1. The molecule has 2 unspecified atom stereocenters. The van der Waals surface area contributed by atoms with Gasteiger partial charge in [0, 0.05) is 23.7 Å². The molecule has 5 nitrogen and oxygen atoms in total. The van der Waals surface area contributed by atoms with Crippen LogP contribution in [0.2, 0.25) is 0 Å². The molecule has 1 aromatic rings. The Labute approximate surface area is 177 Å². The Morgan fingerprint density at radius 1 is 1.27 bits per heavy atom. The van der Waals surface area contributed by atoms with Crippen LogP contribution in [-0.4, -0.2) is 30.4 Å². The molecular formula is C25H26N4O. The Kier molecular flexibility index (Phi) is 3.93. The Morgan fingerprint density at radius 3 is 2.87 bits per heavy atom. The summed E-state index contributed by atoms with van der Waals surface area (Å²) in [6, 6.07) is 9.17. The predicted octanol–water partition coefficient (Wildman–Crippen LogP) is 3.56. The van der Waals surface area contributed by atoms with Gasteiger partial charge in [-0.05, 0) is 67.9 Å². The predicted molar refractivity (Wildman–Crippen MR) is 116 cm³/mol. The van der Waals surface area contributed by atoms with Crippen molar-refractivity contribution >= 4 is 17.4 Å². The molecule has 2 aliphatic heterocycles. The highest BCUT2D eigenvalue weighted by molar-refractivity contribution is 5.99. The number of carbonyl (C=O) groups excluding carboxylic acids is 1. The van der Waals surface area contributed by atoms with E-state index >= 15 is 0 Å². The van der Waals surface area contributed by atoms with E-state index in [0.29, 0.717) is 11.5 Å². The zero-order chi connectivity index (χ0) is 20.3. The molecular weight excluding hydrogens is 372 g/mol. The standard InChI is InChI=1S/C25H26N4O/c26-15-16-4-8-20-21(13-16)28-24(27-20)25(10-2-11-25)19-7-9-22-18(14-19)3-1-12-29(22)23(30)17-5-6-17/h4,7-9,13-14,17,20-21H,1-3,5-6,10-12H2,(H,27,28). The average Bonchev–Trinajstić information content (AvgIpc) is 3.51. The van der Waals surface area contributed by atoms with Crippen molar-refractivity contribution in [2.75, 3.05) is 11.4 Å². The number of amidine groups is 1. The van der Waals surface area contributed by atoms with E-state index in [4.69, 9.17) is 4.99 Å². The van der Waals surface area contributed by atoms with Crippen LogP contribution in [-0.2, 0) is 16.6 Å². The van der Waals surface area contributed by atoms with Crippen molar-refractivity contribution in [2.45, 2.75) is 62.4 Å². The number of nitrogens with zero attached hydrogens (tertiary/aromatic N) is 3. The summed E-state index contributed by atoms with van der Waals surface area (Å²) < 4.78 is 0. The summed E-state index contributed by atoms with van der Waals surface area (Å²) in [5, 5.41) is 12.9. The first-order valence-corrected chi connectivity index (χ1v) is 11.3. The fourth-order valence-electron chi connectivity index (χ4n) is 5.47. The van der Waals surface area contributed by atoms with Gasteiger partial charge in [-0.2, -0.15) is 5.26 Å². The highest BCUT2D eigenvalue weighted by Crippen LogP contribution is 2.47. The third-order valence-corrected chi connectivity index (χ3v) is 7.51. The minimum absolute atomic E-state index is 0.0519. The summed E-state index contributed by atoms with van der Waals surface area (Å²) in [5.74, 6) is 1.65. The maximum Gasteiger partial charge on any atom is 0.230 e. The fraction of sp³-hybridized carbons (Fsp3) is 0.480. The van der Waals surface area contributed by atoms with Crippen molar-refractivity contribution in [1.82, 2.24) is 5.32 Å². The van der Waals surface area contributed by atoms with Crippen LogP contribution in [0, 0.1) is 17.2 Å². The number of fused-ring (bicyclic) bond motifs is 2. The van der Waals surface area contributed by atoms with Gasteiger partial charge < -0.3 is 10.2 Å². The van der Waals surface area contributed by atoms with Crippen LogP contribution in [0.4, 0.5) is 5.69 Å². The minimum Gasteiger partial charge on any atom is -0.364 e. The lowest BCUT2D eigenvalue weighted by Gasteiger charge is -2.43. The van der Waals surface area contributed by atoms with Crippen LogP contribution >= 0.6 is 0 Å². The van der Waals surface area contributed by atoms with Crippen LogP contribution < -0.4 is 10.2 Å². The molecule has 5 aliphatic rings. The maximum atomic E-state index is 12.7. The van der Waals surface area contributed by atoms with E-state index in [9.17, 15) is 10.1 Å². The van der Waals surface area contributed by atoms with Crippen molar-refractivity contribution in [3.8, 4) is 6.07 Å². The first-order chi connectivity index (χ1) is 14.7. The Balaban J connectivity index is 1.32. The van der Waals surface area contributed by atoms with Gasteiger partial charge in [0.15, 0.2) is 0 Å². The molecule has 30 heavy (non-hydrogen) atoms. The van der Waals surface area contributed by atoms with E-state index in [1.807, 2.05) is 23.1 Å². The summed E-state index contributed by atoms with van der Waals surface area (Å²) in [6.07, 6.45) is 13.5. The number of anilines is 1. The van der Waals surface area contributed by atoms with Crippen LogP contribution in [0.1, 0.15) is 49.7 Å². The van der Waals surface area contributed by atoms with Gasteiger partial charge in [0.2, 0.25) is 5.91 Å². The topological polar surface area (TPSA) is 68.5 Å². The molecule has 1 amide bonds. The molecule has 0 spiro atoms. The number of hydrogen-bond acceptors (Lipinski definition) is 4. The highest BCUT2D eigenvalue weighted by Gasteiger charge is 2.47. The summed E-state index contributed by atoms with van der Waals surface area (Å²) in [7, 11) is 0. The Morgan fingerprint density at radius 2 is 2.13 bits per heavy atom. The van der Waals surface area contributed by atoms with Crippen molar-refractivity contribution in [1.29, 1.82) is 5.26 Å². The van der Waals surface area contributed by atoms with E-state index in [1.165, 1.54) is 17.5 Å². The molecule has 0 saturated heterocycles. The van der Waals surface area contributed by atoms with Gasteiger partial charge in [-0.3, -0.25) is 9.79 Å². The van der Waals surface area contributed by atoms with Crippen molar-refractivity contribution in [2.24, 2.45) is 10.9 Å². The van der Waals surface area contributed by atoms with E-state index in [-0.39, 0.29) is 23.4 Å². The minimum atomic E-state index is -0.0519. The number of rotatable bonds is 3. The molecule has 0 bridgehead atoms. The number of carbonyl (C=O) groups is 1. The molecule has 0 radical (unpaired) electrons. The van der Waals surface area contributed by atoms with Crippen molar-refractivity contribution in [3.05, 3.63) is 53.1 Å². The van der Waals surface area contributed by atoms with E-state index in [1.54, 1.807) is 0 Å². The molecule has 2 fully saturated rings. The largest absolute Gasteiger partial charge is 0.364 e. The number of aliphatic imine (C=N–C) groups is 1. The summed E-state index contributed by atoms with van der Waals surface area (Å²) in [5.41, 5.74) is 4.41. The summed E-state index contributed by atoms with van der Waals surface area (Å²) in [4.78, 5) is 19.8. The number of amides is 1. The van der Waals surface area contributed by atoms with Crippen LogP contribution in [0.5, 0.6) is 0 Å². The second kappa shape index (κ2) is 6.57. The van der Waals surface area contributed by atoms with Crippen LogP contribution in [0.15, 0.2) is 47.0 Å². The lowest BCUT2D eigenvalue weighted by molar-refractivity contribution is -0.119. The third-order valence-electron chi connectivity index (χ3n) is 7.51.